The number of aromatic nitrogens is 2. The molecular formula is C17H34IN7S. The van der Waals surface area contributed by atoms with E-state index in [4.69, 9.17) is 0 Å². The molecule has 0 radical (unpaired) electrons. The summed E-state index contributed by atoms with van der Waals surface area (Å²) in [6.45, 7) is 12.4. The number of nitrogens with zero attached hydrogens (tertiary/aromatic N) is 6. The van der Waals surface area contributed by atoms with Crippen LogP contribution < -0.4 is 10.2 Å². The molecule has 26 heavy (non-hydrogen) atoms. The molecule has 0 saturated carbocycles. The normalized spacial score (nSPS) is 16.6. The van der Waals surface area contributed by atoms with Crippen LogP contribution in [0.5, 0.6) is 0 Å². The molecule has 0 bridgehead atoms. The van der Waals surface area contributed by atoms with Crippen molar-refractivity contribution in [3.8, 4) is 0 Å². The molecule has 1 atom stereocenters. The van der Waals surface area contributed by atoms with E-state index in [9.17, 15) is 0 Å². The maximum atomic E-state index is 4.60. The van der Waals surface area contributed by atoms with Crippen molar-refractivity contribution in [1.29, 1.82) is 0 Å². The number of halogens is 1. The molecule has 1 aromatic heterocycles. The minimum Gasteiger partial charge on any atom is -0.355 e. The topological polar surface area (TPSA) is 59.9 Å². The third-order valence-electron chi connectivity index (χ3n) is 4.93. The van der Waals surface area contributed by atoms with Gasteiger partial charge in [-0.25, -0.2) is 4.98 Å². The van der Waals surface area contributed by atoms with Gasteiger partial charge in [-0.05, 0) is 20.4 Å². The quantitative estimate of drug-likeness (QED) is 0.356. The highest BCUT2D eigenvalue weighted by Gasteiger charge is 2.22. The molecule has 1 aliphatic heterocycles. The summed E-state index contributed by atoms with van der Waals surface area (Å²) in [5.74, 6) is 1.95. The molecule has 1 unspecified atom stereocenters. The number of hydrogen-bond donors (Lipinski definition) is 1. The maximum Gasteiger partial charge on any atom is 0.205 e. The van der Waals surface area contributed by atoms with E-state index in [1.54, 1.807) is 0 Å². The molecule has 0 amide bonds. The molecule has 1 fully saturated rings. The first-order valence-electron chi connectivity index (χ1n) is 9.32. The number of aliphatic imine (C=N–C) groups is 1. The van der Waals surface area contributed by atoms with Crippen LogP contribution in [0.4, 0.5) is 5.13 Å². The van der Waals surface area contributed by atoms with E-state index in [1.807, 2.05) is 7.05 Å². The van der Waals surface area contributed by atoms with Gasteiger partial charge in [0.15, 0.2) is 5.96 Å². The molecule has 1 N–H and O–H groups in total. The Balaban J connectivity index is 0.00000338. The van der Waals surface area contributed by atoms with Crippen LogP contribution in [0.1, 0.15) is 33.0 Å². The SMILES string of the molecule is CCc1nsc(N2CCN(C(=NC)NCCN(C)C(C)CC)CC2)n1.I. The zero-order valence-corrected chi connectivity index (χ0v) is 19.9. The van der Waals surface area contributed by atoms with Crippen molar-refractivity contribution >= 4 is 46.6 Å². The molecule has 150 valence electrons. The van der Waals surface area contributed by atoms with Crippen LogP contribution in [0.25, 0.3) is 0 Å². The fourth-order valence-corrected chi connectivity index (χ4v) is 3.64. The average molecular weight is 495 g/mol. The zero-order chi connectivity index (χ0) is 18.2. The van der Waals surface area contributed by atoms with Crippen molar-refractivity contribution < 1.29 is 0 Å². The van der Waals surface area contributed by atoms with Crippen LogP contribution in [-0.2, 0) is 6.42 Å². The number of anilines is 1. The van der Waals surface area contributed by atoms with E-state index in [1.165, 1.54) is 18.0 Å². The minimum absolute atomic E-state index is 0. The Morgan fingerprint density at radius 1 is 1.31 bits per heavy atom. The number of hydrogen-bond acceptors (Lipinski definition) is 6. The Hall–Kier alpha value is -0.680. The molecule has 1 aliphatic rings. The zero-order valence-electron chi connectivity index (χ0n) is 16.7. The summed E-state index contributed by atoms with van der Waals surface area (Å²) in [4.78, 5) is 16.1. The van der Waals surface area contributed by atoms with Gasteiger partial charge < -0.3 is 20.0 Å². The smallest absolute Gasteiger partial charge is 0.205 e. The average Bonchev–Trinajstić information content (AvgIpc) is 3.14. The second-order valence-corrected chi connectivity index (χ2v) is 7.26. The van der Waals surface area contributed by atoms with E-state index in [0.29, 0.717) is 6.04 Å². The Morgan fingerprint density at radius 3 is 2.54 bits per heavy atom. The van der Waals surface area contributed by atoms with Crippen LogP contribution in [0.2, 0.25) is 0 Å². The minimum atomic E-state index is 0. The lowest BCUT2D eigenvalue weighted by Gasteiger charge is -2.36. The molecule has 0 spiro atoms. The van der Waals surface area contributed by atoms with Crippen molar-refractivity contribution in [2.75, 3.05) is 58.3 Å². The molecule has 1 saturated heterocycles. The fourth-order valence-electron chi connectivity index (χ4n) is 2.83. The summed E-state index contributed by atoms with van der Waals surface area (Å²) in [6.07, 6.45) is 2.08. The summed E-state index contributed by atoms with van der Waals surface area (Å²) in [7, 11) is 4.05. The van der Waals surface area contributed by atoms with Gasteiger partial charge in [-0.2, -0.15) is 4.37 Å². The van der Waals surface area contributed by atoms with Gasteiger partial charge in [0, 0.05) is 70.3 Å². The van der Waals surface area contributed by atoms with Crippen molar-refractivity contribution in [2.24, 2.45) is 4.99 Å². The van der Waals surface area contributed by atoms with E-state index in [0.717, 1.165) is 62.6 Å². The summed E-state index contributed by atoms with van der Waals surface area (Å²) < 4.78 is 4.39. The molecular weight excluding hydrogens is 461 g/mol. The van der Waals surface area contributed by atoms with E-state index in [-0.39, 0.29) is 24.0 Å². The molecule has 2 rings (SSSR count). The molecule has 7 nitrogen and oxygen atoms in total. The predicted octanol–water partition coefficient (Wildman–Crippen LogP) is 2.15. The summed E-state index contributed by atoms with van der Waals surface area (Å²) >= 11 is 1.51. The second-order valence-electron chi connectivity index (χ2n) is 6.53. The number of aryl methyl sites for hydroxylation is 1. The van der Waals surface area contributed by atoms with Gasteiger partial charge in [-0.1, -0.05) is 13.8 Å². The van der Waals surface area contributed by atoms with Gasteiger partial charge in [0.25, 0.3) is 0 Å². The summed E-state index contributed by atoms with van der Waals surface area (Å²) in [5, 5.41) is 4.56. The number of piperazine rings is 1. The standard InChI is InChI=1S/C17H33N7S.HI/c1-6-14(3)22(5)9-8-19-16(18-4)23-10-12-24(13-11-23)17-20-15(7-2)21-25-17;/h14H,6-13H2,1-5H3,(H,18,19);1H. The lowest BCUT2D eigenvalue weighted by atomic mass is 10.2. The lowest BCUT2D eigenvalue weighted by Crippen LogP contribution is -2.53. The molecule has 1 aromatic rings. The number of rotatable bonds is 7. The van der Waals surface area contributed by atoms with Crippen LogP contribution in [0.3, 0.4) is 0 Å². The number of likely N-dealkylation sites (N-methyl/N-ethyl adjacent to an activating group) is 1. The first-order chi connectivity index (χ1) is 12.1. The van der Waals surface area contributed by atoms with Gasteiger partial charge in [0.2, 0.25) is 5.13 Å². The van der Waals surface area contributed by atoms with Crippen LogP contribution in [-0.4, -0.2) is 84.5 Å². The second kappa shape index (κ2) is 11.9. The van der Waals surface area contributed by atoms with Crippen LogP contribution >= 0.6 is 35.5 Å². The van der Waals surface area contributed by atoms with Crippen molar-refractivity contribution in [3.05, 3.63) is 5.82 Å². The highest BCUT2D eigenvalue weighted by molar-refractivity contribution is 14.0. The van der Waals surface area contributed by atoms with Crippen LogP contribution in [0, 0.1) is 0 Å². The van der Waals surface area contributed by atoms with E-state index in [2.05, 4.69) is 62.2 Å². The largest absolute Gasteiger partial charge is 0.355 e. The Kier molecular flexibility index (Phi) is 10.7. The molecule has 0 aliphatic carbocycles. The molecule has 2 heterocycles. The monoisotopic (exact) mass is 495 g/mol. The van der Waals surface area contributed by atoms with E-state index < -0.39 is 0 Å². The third kappa shape index (κ3) is 6.49. The highest BCUT2D eigenvalue weighted by Crippen LogP contribution is 2.19. The number of guanidine groups is 1. The first kappa shape index (κ1) is 23.4. The van der Waals surface area contributed by atoms with Crippen molar-refractivity contribution in [3.63, 3.8) is 0 Å². The van der Waals surface area contributed by atoms with Crippen molar-refractivity contribution in [1.82, 2.24) is 24.5 Å². The van der Waals surface area contributed by atoms with Gasteiger partial charge in [0.1, 0.15) is 5.82 Å². The lowest BCUT2D eigenvalue weighted by molar-refractivity contribution is 0.254. The van der Waals surface area contributed by atoms with Gasteiger partial charge in [-0.3, -0.25) is 4.99 Å². The highest BCUT2D eigenvalue weighted by atomic mass is 127. The fraction of sp³-hybridized carbons (Fsp3) is 0.824. The molecule has 0 aromatic carbocycles. The summed E-state index contributed by atoms with van der Waals surface area (Å²) in [5.41, 5.74) is 0. The summed E-state index contributed by atoms with van der Waals surface area (Å²) in [6, 6.07) is 0.618. The predicted molar refractivity (Wildman–Crippen MR) is 122 cm³/mol. The Morgan fingerprint density at radius 2 is 2.00 bits per heavy atom. The van der Waals surface area contributed by atoms with Gasteiger partial charge >= 0.3 is 0 Å². The molecule has 9 heteroatoms. The maximum absolute atomic E-state index is 4.60. The van der Waals surface area contributed by atoms with Crippen molar-refractivity contribution in [2.45, 2.75) is 39.7 Å². The van der Waals surface area contributed by atoms with Crippen LogP contribution in [0.15, 0.2) is 4.99 Å². The van der Waals surface area contributed by atoms with E-state index >= 15 is 0 Å². The Bertz CT molecular complexity index is 543. The van der Waals surface area contributed by atoms with Gasteiger partial charge in [-0.15, -0.1) is 24.0 Å². The Labute approximate surface area is 179 Å². The first-order valence-corrected chi connectivity index (χ1v) is 10.1. The third-order valence-corrected chi connectivity index (χ3v) is 5.74. The number of nitrogens with one attached hydrogen (secondary N) is 1. The van der Waals surface area contributed by atoms with Gasteiger partial charge in [0.05, 0.1) is 0 Å².